The van der Waals surface area contributed by atoms with E-state index in [-0.39, 0.29) is 18.5 Å². The third-order valence-electron chi connectivity index (χ3n) is 2.42. The van der Waals surface area contributed by atoms with Gasteiger partial charge in [0.15, 0.2) is 0 Å². The molecule has 7 heteroatoms. The number of rotatable bonds is 1. The molecule has 2 fully saturated rings. The number of nitrogens with one attached hydrogen (secondary N) is 2. The van der Waals surface area contributed by atoms with Crippen LogP contribution in [-0.2, 0) is 4.79 Å². The van der Waals surface area contributed by atoms with Crippen LogP contribution in [0, 0.1) is 0 Å². The van der Waals surface area contributed by atoms with Gasteiger partial charge in [0.1, 0.15) is 6.04 Å². The molecular weight excluding hydrogens is 190 g/mol. The molecule has 0 bridgehead atoms. The van der Waals surface area contributed by atoms with Gasteiger partial charge in [-0.3, -0.25) is 10.1 Å². The molecule has 2 atom stereocenters. The van der Waals surface area contributed by atoms with E-state index >= 15 is 0 Å². The second kappa shape index (κ2) is 2.86. The summed E-state index contributed by atoms with van der Waals surface area (Å²) < 4.78 is 0. The van der Waals surface area contributed by atoms with Crippen molar-refractivity contribution in [3.05, 3.63) is 0 Å². The zero-order valence-electron chi connectivity index (χ0n) is 7.19. The van der Waals surface area contributed by atoms with Crippen molar-refractivity contribution in [2.45, 2.75) is 18.5 Å². The molecule has 2 aliphatic heterocycles. The Bertz CT molecular complexity index is 294. The van der Waals surface area contributed by atoms with Crippen molar-refractivity contribution in [3.63, 3.8) is 0 Å². The van der Waals surface area contributed by atoms with Crippen molar-refractivity contribution in [3.8, 4) is 0 Å². The number of urea groups is 1. The maximum atomic E-state index is 11.1. The Morgan fingerprint density at radius 1 is 1.57 bits per heavy atom. The molecule has 2 heterocycles. The van der Waals surface area contributed by atoms with Crippen LogP contribution in [0.5, 0.6) is 0 Å². The van der Waals surface area contributed by atoms with Crippen molar-refractivity contribution in [1.82, 2.24) is 15.5 Å². The molecule has 0 saturated carbocycles. The van der Waals surface area contributed by atoms with Gasteiger partial charge in [0, 0.05) is 6.54 Å². The number of carbonyl (C=O) groups excluding carboxylic acids is 2. The summed E-state index contributed by atoms with van der Waals surface area (Å²) in [5.74, 6) is -0.343. The zero-order valence-corrected chi connectivity index (χ0v) is 7.19. The minimum Gasteiger partial charge on any atom is -0.465 e. The van der Waals surface area contributed by atoms with E-state index in [9.17, 15) is 14.4 Å². The molecule has 0 spiro atoms. The number of fused-ring (bicyclic) bond motifs is 1. The summed E-state index contributed by atoms with van der Waals surface area (Å²) in [6, 6.07) is -1.28. The Kier molecular flexibility index (Phi) is 1.80. The third kappa shape index (κ3) is 1.26. The summed E-state index contributed by atoms with van der Waals surface area (Å²) in [4.78, 5) is 33.9. The first kappa shape index (κ1) is 8.79. The Balaban J connectivity index is 2.04. The first-order valence-electron chi connectivity index (χ1n) is 4.19. The number of hydrogen-bond donors (Lipinski definition) is 3. The number of amides is 4. The van der Waals surface area contributed by atoms with Crippen LogP contribution in [0.2, 0.25) is 0 Å². The number of carbonyl (C=O) groups is 3. The summed E-state index contributed by atoms with van der Waals surface area (Å²) in [6.07, 6.45) is -0.784. The monoisotopic (exact) mass is 199 g/mol. The van der Waals surface area contributed by atoms with Crippen molar-refractivity contribution < 1.29 is 19.5 Å². The van der Waals surface area contributed by atoms with Crippen molar-refractivity contribution in [2.24, 2.45) is 0 Å². The SMILES string of the molecule is O=C(O)N[C@H]1C[C@H]2C(=O)NC(=O)N2C1. The zero-order chi connectivity index (χ0) is 10.3. The highest BCUT2D eigenvalue weighted by Gasteiger charge is 2.45. The van der Waals surface area contributed by atoms with Crippen LogP contribution in [-0.4, -0.2) is 46.7 Å². The summed E-state index contributed by atoms with van der Waals surface area (Å²) in [5, 5.41) is 12.9. The second-order valence-corrected chi connectivity index (χ2v) is 3.34. The first-order chi connectivity index (χ1) is 6.58. The summed E-state index contributed by atoms with van der Waals surface area (Å²) in [5.41, 5.74) is 0. The summed E-state index contributed by atoms with van der Waals surface area (Å²) >= 11 is 0. The predicted molar refractivity (Wildman–Crippen MR) is 43.6 cm³/mol. The van der Waals surface area contributed by atoms with Crippen LogP contribution in [0.25, 0.3) is 0 Å². The average Bonchev–Trinajstić information content (AvgIpc) is 2.55. The van der Waals surface area contributed by atoms with E-state index in [1.54, 1.807) is 0 Å². The molecule has 0 radical (unpaired) electrons. The van der Waals surface area contributed by atoms with Crippen molar-refractivity contribution >= 4 is 18.0 Å². The van der Waals surface area contributed by atoms with Crippen LogP contribution >= 0.6 is 0 Å². The molecule has 2 rings (SSSR count). The molecule has 0 aromatic rings. The Labute approximate surface area is 79.1 Å². The quantitative estimate of drug-likeness (QED) is 0.469. The molecule has 0 aromatic carbocycles. The minimum absolute atomic E-state index is 0.258. The Morgan fingerprint density at radius 2 is 2.29 bits per heavy atom. The Morgan fingerprint density at radius 3 is 2.86 bits per heavy atom. The van der Waals surface area contributed by atoms with E-state index < -0.39 is 18.2 Å². The van der Waals surface area contributed by atoms with Gasteiger partial charge in [-0.15, -0.1) is 0 Å². The first-order valence-corrected chi connectivity index (χ1v) is 4.19. The van der Waals surface area contributed by atoms with E-state index in [2.05, 4.69) is 10.6 Å². The summed E-state index contributed by atoms with van der Waals surface area (Å²) in [7, 11) is 0. The highest BCUT2D eigenvalue weighted by atomic mass is 16.4. The molecule has 14 heavy (non-hydrogen) atoms. The molecule has 76 valence electrons. The molecule has 3 N–H and O–H groups in total. The normalized spacial score (nSPS) is 30.1. The topological polar surface area (TPSA) is 98.7 Å². The lowest BCUT2D eigenvalue weighted by molar-refractivity contribution is -0.121. The molecule has 0 unspecified atom stereocenters. The number of nitrogens with zero attached hydrogens (tertiary/aromatic N) is 1. The van der Waals surface area contributed by atoms with Gasteiger partial charge in [-0.25, -0.2) is 9.59 Å². The minimum atomic E-state index is -1.14. The molecule has 2 saturated heterocycles. The highest BCUT2D eigenvalue weighted by molar-refractivity contribution is 6.04. The van der Waals surface area contributed by atoms with E-state index in [0.717, 1.165) is 0 Å². The fourth-order valence-corrected chi connectivity index (χ4v) is 1.85. The van der Waals surface area contributed by atoms with Crippen molar-refractivity contribution in [2.75, 3.05) is 6.54 Å². The van der Waals surface area contributed by atoms with Crippen LogP contribution in [0.1, 0.15) is 6.42 Å². The molecule has 0 aromatic heterocycles. The van der Waals surface area contributed by atoms with Crippen LogP contribution in [0.4, 0.5) is 9.59 Å². The fraction of sp³-hybridized carbons (Fsp3) is 0.571. The molecule has 2 aliphatic rings. The maximum Gasteiger partial charge on any atom is 0.404 e. The van der Waals surface area contributed by atoms with Gasteiger partial charge in [0.05, 0.1) is 6.04 Å². The van der Waals surface area contributed by atoms with Crippen LogP contribution in [0.15, 0.2) is 0 Å². The standard InChI is InChI=1S/C7H9N3O4/c11-5-4-1-3(8-7(13)14)2-10(4)6(12)9-5/h3-4,8H,1-2H2,(H,13,14)(H,9,11,12)/t3-,4-/m0/s1. The van der Waals surface area contributed by atoms with Gasteiger partial charge in [-0.2, -0.15) is 0 Å². The van der Waals surface area contributed by atoms with E-state index in [4.69, 9.17) is 5.11 Å². The van der Waals surface area contributed by atoms with Crippen LogP contribution < -0.4 is 10.6 Å². The maximum absolute atomic E-state index is 11.1. The van der Waals surface area contributed by atoms with E-state index in [0.29, 0.717) is 6.42 Å². The molecular formula is C7H9N3O4. The molecule has 0 aliphatic carbocycles. The number of hydrogen-bond acceptors (Lipinski definition) is 3. The average molecular weight is 199 g/mol. The smallest absolute Gasteiger partial charge is 0.404 e. The highest BCUT2D eigenvalue weighted by Crippen LogP contribution is 2.21. The van der Waals surface area contributed by atoms with E-state index in [1.807, 2.05) is 0 Å². The van der Waals surface area contributed by atoms with Crippen LogP contribution in [0.3, 0.4) is 0 Å². The lowest BCUT2D eigenvalue weighted by Crippen LogP contribution is -2.38. The lowest BCUT2D eigenvalue weighted by atomic mass is 10.2. The Hall–Kier alpha value is -1.79. The van der Waals surface area contributed by atoms with Gasteiger partial charge in [-0.05, 0) is 6.42 Å². The van der Waals surface area contributed by atoms with Gasteiger partial charge in [0.2, 0.25) is 0 Å². The van der Waals surface area contributed by atoms with E-state index in [1.165, 1.54) is 4.90 Å². The largest absolute Gasteiger partial charge is 0.465 e. The third-order valence-corrected chi connectivity index (χ3v) is 2.42. The lowest BCUT2D eigenvalue weighted by Gasteiger charge is -2.11. The molecule has 7 nitrogen and oxygen atoms in total. The number of imide groups is 1. The molecule has 4 amide bonds. The fourth-order valence-electron chi connectivity index (χ4n) is 1.85. The van der Waals surface area contributed by atoms with Crippen molar-refractivity contribution in [1.29, 1.82) is 0 Å². The summed E-state index contributed by atoms with van der Waals surface area (Å²) in [6.45, 7) is 0.258. The number of carboxylic acid groups (broad SMARTS) is 1. The van der Waals surface area contributed by atoms with Gasteiger partial charge in [0.25, 0.3) is 5.91 Å². The predicted octanol–water partition coefficient (Wildman–Crippen LogP) is -1.05. The van der Waals surface area contributed by atoms with Gasteiger partial charge in [-0.1, -0.05) is 0 Å². The second-order valence-electron chi connectivity index (χ2n) is 3.34. The van der Waals surface area contributed by atoms with Gasteiger partial charge < -0.3 is 15.3 Å². The van der Waals surface area contributed by atoms with Gasteiger partial charge >= 0.3 is 12.1 Å².